The number of carbonyl (C=O) groups is 3. The molecule has 1 heterocycles. The normalized spacial score (nSPS) is 14.7. The molecular weight excluding hydrogens is 584 g/mol. The number of likely N-dealkylation sites (N-methyl/N-ethyl adjacent to an activating group) is 1. The van der Waals surface area contributed by atoms with Crippen molar-refractivity contribution in [3.8, 4) is 5.75 Å². The number of nitrogens with zero attached hydrogens (tertiary/aromatic N) is 3. The highest BCUT2D eigenvalue weighted by Crippen LogP contribution is 2.21. The summed E-state index contributed by atoms with van der Waals surface area (Å²) >= 11 is 0. The van der Waals surface area contributed by atoms with Crippen LogP contribution in [0.1, 0.15) is 5.56 Å². The van der Waals surface area contributed by atoms with E-state index in [2.05, 4.69) is 5.32 Å². The second-order valence-corrected chi connectivity index (χ2v) is 11.9. The van der Waals surface area contributed by atoms with E-state index in [-0.39, 0.29) is 35.7 Å². The highest BCUT2D eigenvalue weighted by molar-refractivity contribution is 7.89. The SMILES string of the molecule is COc1ccc(N(C)C(=O)[C@H](Cc2cc(F)cc(F)c2)NC(=O)CN2CCN(S(=O)(=O)c3cccc(N)c3)CC2=O)cc1. The van der Waals surface area contributed by atoms with Gasteiger partial charge in [-0.25, -0.2) is 17.2 Å². The Balaban J connectivity index is 1.46. The molecular formula is C29H31F2N5O6S. The molecule has 3 aromatic carbocycles. The fourth-order valence-electron chi connectivity index (χ4n) is 4.63. The van der Waals surface area contributed by atoms with E-state index in [1.807, 2.05) is 0 Å². The average molecular weight is 616 g/mol. The van der Waals surface area contributed by atoms with Crippen molar-refractivity contribution in [3.63, 3.8) is 0 Å². The molecule has 1 saturated heterocycles. The summed E-state index contributed by atoms with van der Waals surface area (Å²) in [4.78, 5) is 41.9. The summed E-state index contributed by atoms with van der Waals surface area (Å²) in [5, 5.41) is 2.58. The summed E-state index contributed by atoms with van der Waals surface area (Å²) in [6.45, 7) is -1.09. The number of nitrogens with one attached hydrogen (secondary N) is 1. The molecule has 0 aliphatic carbocycles. The van der Waals surface area contributed by atoms with Gasteiger partial charge in [0.1, 0.15) is 23.4 Å². The number of hydrogen-bond acceptors (Lipinski definition) is 7. The molecule has 43 heavy (non-hydrogen) atoms. The van der Waals surface area contributed by atoms with Gasteiger partial charge in [-0.05, 0) is 60.2 Å². The zero-order valence-corrected chi connectivity index (χ0v) is 24.3. The van der Waals surface area contributed by atoms with Crippen molar-refractivity contribution >= 4 is 39.1 Å². The maximum absolute atomic E-state index is 13.9. The molecule has 1 aliphatic heterocycles. The second-order valence-electron chi connectivity index (χ2n) is 9.92. The first-order valence-electron chi connectivity index (χ1n) is 13.2. The van der Waals surface area contributed by atoms with Crippen molar-refractivity contribution in [2.24, 2.45) is 0 Å². The number of methoxy groups -OCH3 is 1. The predicted octanol–water partition coefficient (Wildman–Crippen LogP) is 1.78. The van der Waals surface area contributed by atoms with Gasteiger partial charge in [0.2, 0.25) is 27.7 Å². The quantitative estimate of drug-likeness (QED) is 0.331. The van der Waals surface area contributed by atoms with E-state index in [9.17, 15) is 31.6 Å². The molecule has 1 fully saturated rings. The molecule has 3 N–H and O–H groups in total. The van der Waals surface area contributed by atoms with Gasteiger partial charge in [-0.15, -0.1) is 0 Å². The van der Waals surface area contributed by atoms with Crippen LogP contribution in [0.25, 0.3) is 0 Å². The number of amides is 3. The Morgan fingerprint density at radius 2 is 1.72 bits per heavy atom. The molecule has 0 bridgehead atoms. The number of piperazine rings is 1. The molecule has 0 unspecified atom stereocenters. The van der Waals surface area contributed by atoms with Crippen LogP contribution in [-0.4, -0.2) is 81.7 Å². The number of hydrogen-bond donors (Lipinski definition) is 2. The van der Waals surface area contributed by atoms with Crippen LogP contribution in [0.15, 0.2) is 71.6 Å². The fourth-order valence-corrected chi connectivity index (χ4v) is 6.06. The molecule has 11 nitrogen and oxygen atoms in total. The van der Waals surface area contributed by atoms with E-state index in [1.165, 1.54) is 48.2 Å². The van der Waals surface area contributed by atoms with Crippen molar-refractivity contribution in [2.75, 3.05) is 51.0 Å². The van der Waals surface area contributed by atoms with E-state index in [1.54, 1.807) is 24.3 Å². The van der Waals surface area contributed by atoms with Gasteiger partial charge in [0.25, 0.3) is 0 Å². The zero-order chi connectivity index (χ0) is 31.3. The summed E-state index contributed by atoms with van der Waals surface area (Å²) in [5.74, 6) is -3.01. The van der Waals surface area contributed by atoms with Crippen LogP contribution in [0.2, 0.25) is 0 Å². The lowest BCUT2D eigenvalue weighted by atomic mass is 10.0. The minimum atomic E-state index is -4.00. The van der Waals surface area contributed by atoms with Crippen molar-refractivity contribution in [1.29, 1.82) is 0 Å². The first kappa shape index (κ1) is 31.4. The number of halogens is 2. The van der Waals surface area contributed by atoms with E-state index in [0.717, 1.165) is 16.4 Å². The molecule has 3 aromatic rings. The lowest BCUT2D eigenvalue weighted by Gasteiger charge is -2.33. The third-order valence-electron chi connectivity index (χ3n) is 6.90. The molecule has 0 radical (unpaired) electrons. The van der Waals surface area contributed by atoms with Crippen molar-refractivity contribution in [2.45, 2.75) is 17.4 Å². The molecule has 3 amide bonds. The van der Waals surface area contributed by atoms with Crippen LogP contribution < -0.4 is 20.7 Å². The van der Waals surface area contributed by atoms with Crippen LogP contribution in [0, 0.1) is 11.6 Å². The van der Waals surface area contributed by atoms with Gasteiger partial charge < -0.3 is 25.6 Å². The molecule has 0 spiro atoms. The van der Waals surface area contributed by atoms with Gasteiger partial charge >= 0.3 is 0 Å². The molecule has 0 aromatic heterocycles. The van der Waals surface area contributed by atoms with Crippen molar-refractivity contribution in [3.05, 3.63) is 83.9 Å². The third-order valence-corrected chi connectivity index (χ3v) is 8.74. The molecule has 1 aliphatic rings. The number of carbonyl (C=O) groups excluding carboxylic acids is 3. The monoisotopic (exact) mass is 615 g/mol. The zero-order valence-electron chi connectivity index (χ0n) is 23.5. The number of benzene rings is 3. The first-order valence-corrected chi connectivity index (χ1v) is 14.6. The Bertz CT molecular complexity index is 1600. The maximum atomic E-state index is 13.9. The maximum Gasteiger partial charge on any atom is 0.249 e. The Labute approximate surface area is 247 Å². The number of nitrogen functional groups attached to an aromatic ring is 1. The van der Waals surface area contributed by atoms with E-state index in [0.29, 0.717) is 17.5 Å². The minimum Gasteiger partial charge on any atom is -0.497 e. The van der Waals surface area contributed by atoms with E-state index >= 15 is 0 Å². The van der Waals surface area contributed by atoms with Crippen molar-refractivity contribution < 1.29 is 36.3 Å². The molecule has 228 valence electrons. The number of ether oxygens (including phenoxy) is 1. The van der Waals surface area contributed by atoms with Crippen LogP contribution in [0.5, 0.6) is 5.75 Å². The Morgan fingerprint density at radius 3 is 2.33 bits per heavy atom. The number of nitrogens with two attached hydrogens (primary N) is 1. The van der Waals surface area contributed by atoms with Crippen LogP contribution in [-0.2, 0) is 30.8 Å². The molecule has 14 heteroatoms. The van der Waals surface area contributed by atoms with Crippen molar-refractivity contribution in [1.82, 2.24) is 14.5 Å². The fraction of sp³-hybridized carbons (Fsp3) is 0.276. The summed E-state index contributed by atoms with van der Waals surface area (Å²) < 4.78 is 59.9. The highest BCUT2D eigenvalue weighted by Gasteiger charge is 2.34. The minimum absolute atomic E-state index is 0.0531. The van der Waals surface area contributed by atoms with Gasteiger partial charge in [-0.2, -0.15) is 4.31 Å². The lowest BCUT2D eigenvalue weighted by molar-refractivity contribution is -0.139. The number of anilines is 2. The third kappa shape index (κ3) is 7.64. The summed E-state index contributed by atoms with van der Waals surface area (Å²) in [7, 11) is -1.01. The smallest absolute Gasteiger partial charge is 0.249 e. The second kappa shape index (κ2) is 13.2. The van der Waals surface area contributed by atoms with Crippen LogP contribution in [0.3, 0.4) is 0 Å². The Morgan fingerprint density at radius 1 is 1.05 bits per heavy atom. The molecule has 4 rings (SSSR count). The van der Waals surface area contributed by atoms with Gasteiger partial charge in [0.15, 0.2) is 0 Å². The topological polar surface area (TPSA) is 142 Å². The summed E-state index contributed by atoms with van der Waals surface area (Å²) in [6, 6.07) is 13.8. The summed E-state index contributed by atoms with van der Waals surface area (Å²) in [5.41, 5.74) is 6.57. The summed E-state index contributed by atoms with van der Waals surface area (Å²) in [6.07, 6.45) is -0.236. The van der Waals surface area contributed by atoms with Crippen LogP contribution >= 0.6 is 0 Å². The van der Waals surface area contributed by atoms with Gasteiger partial charge in [0.05, 0.1) is 25.1 Å². The van der Waals surface area contributed by atoms with Gasteiger partial charge in [-0.3, -0.25) is 14.4 Å². The largest absolute Gasteiger partial charge is 0.497 e. The van der Waals surface area contributed by atoms with Gasteiger partial charge in [-0.1, -0.05) is 6.07 Å². The highest BCUT2D eigenvalue weighted by atomic mass is 32.2. The van der Waals surface area contributed by atoms with Gasteiger partial charge in [0, 0.05) is 44.0 Å². The Kier molecular flexibility index (Phi) is 9.61. The standard InChI is InChI=1S/C29H31F2N5O6S/c1-34(23-6-8-24(42-2)9-7-23)29(39)26(14-19-12-20(30)15-21(31)13-19)33-27(37)17-35-10-11-36(18-28(35)38)43(40,41)25-5-3-4-22(32)16-25/h3-9,12-13,15-16,26H,10-11,14,17-18,32H2,1-2H3,(H,33,37)/t26-/m0/s1. The molecule has 0 saturated carbocycles. The Hall–Kier alpha value is -4.56. The van der Waals surface area contributed by atoms with E-state index < -0.39 is 58.5 Å². The predicted molar refractivity (Wildman–Crippen MR) is 155 cm³/mol. The molecule has 1 atom stereocenters. The van der Waals surface area contributed by atoms with Crippen LogP contribution in [0.4, 0.5) is 20.2 Å². The van der Waals surface area contributed by atoms with E-state index in [4.69, 9.17) is 10.5 Å². The number of rotatable bonds is 10. The lowest BCUT2D eigenvalue weighted by Crippen LogP contribution is -2.56. The average Bonchev–Trinajstić information content (AvgIpc) is 2.96. The first-order chi connectivity index (χ1) is 20.4. The number of sulfonamides is 1.